The van der Waals surface area contributed by atoms with E-state index in [0.717, 1.165) is 16.2 Å². The molecule has 0 spiro atoms. The van der Waals surface area contributed by atoms with Gasteiger partial charge in [-0.05, 0) is 55.3 Å². The summed E-state index contributed by atoms with van der Waals surface area (Å²) in [6.45, 7) is 4.71. The minimum absolute atomic E-state index is 0.0226. The smallest absolute Gasteiger partial charge is 0.271 e. The van der Waals surface area contributed by atoms with Gasteiger partial charge in [-0.15, -0.1) is 0 Å². The number of hydrogen-bond donors (Lipinski definition) is 0. The van der Waals surface area contributed by atoms with Gasteiger partial charge in [0.2, 0.25) is 0 Å². The van der Waals surface area contributed by atoms with Crippen molar-refractivity contribution in [2.45, 2.75) is 20.3 Å². The maximum Gasteiger partial charge on any atom is 0.271 e. The molecule has 3 aromatic rings. The van der Waals surface area contributed by atoms with E-state index in [1.807, 2.05) is 67.7 Å². The van der Waals surface area contributed by atoms with E-state index >= 15 is 0 Å². The highest BCUT2D eigenvalue weighted by Gasteiger charge is 2.35. The highest BCUT2D eigenvalue weighted by Crippen LogP contribution is 2.37. The number of nitriles is 1. The quantitative estimate of drug-likeness (QED) is 0.399. The summed E-state index contributed by atoms with van der Waals surface area (Å²) < 4.78 is 13.2. The summed E-state index contributed by atoms with van der Waals surface area (Å²) in [4.78, 5) is 27.2. The number of benzene rings is 2. The molecule has 0 bridgehead atoms. The van der Waals surface area contributed by atoms with Crippen molar-refractivity contribution in [2.24, 2.45) is 0 Å². The Balaban J connectivity index is 1.69. The third kappa shape index (κ3) is 4.05. The van der Waals surface area contributed by atoms with Crippen LogP contribution in [0.25, 0.3) is 23.0 Å². The predicted molar refractivity (Wildman–Crippen MR) is 133 cm³/mol. The van der Waals surface area contributed by atoms with Gasteiger partial charge < -0.3 is 9.47 Å². The predicted octanol–water partition coefficient (Wildman–Crippen LogP) is 4.31. The Morgan fingerprint density at radius 3 is 2.53 bits per heavy atom. The number of imide groups is 1. The van der Waals surface area contributed by atoms with Crippen LogP contribution in [0.4, 0.5) is 0 Å². The highest BCUT2D eigenvalue weighted by atomic mass is 16.6. The van der Waals surface area contributed by atoms with Gasteiger partial charge in [0.25, 0.3) is 11.8 Å². The van der Waals surface area contributed by atoms with Crippen LogP contribution >= 0.6 is 0 Å². The number of para-hydroxylation sites is 1. The fraction of sp³-hybridized carbons (Fsp3) is 0.214. The monoisotopic (exact) mass is 480 g/mol. The maximum atomic E-state index is 13.3. The fourth-order valence-electron chi connectivity index (χ4n) is 4.33. The first-order chi connectivity index (χ1) is 17.5. The third-order valence-corrected chi connectivity index (χ3v) is 6.15. The molecule has 0 atom stereocenters. The van der Waals surface area contributed by atoms with Crippen LogP contribution in [0, 0.1) is 11.3 Å². The summed E-state index contributed by atoms with van der Waals surface area (Å²) in [5.41, 5.74) is 3.57. The van der Waals surface area contributed by atoms with Crippen molar-refractivity contribution < 1.29 is 19.1 Å². The molecule has 8 heteroatoms. The number of nitrogens with zero attached hydrogens (tertiary/aromatic N) is 4. The van der Waals surface area contributed by atoms with Crippen molar-refractivity contribution in [2.75, 3.05) is 19.8 Å². The zero-order chi connectivity index (χ0) is 25.2. The molecule has 0 saturated carbocycles. The molecule has 1 aromatic heterocycles. The lowest BCUT2D eigenvalue weighted by Gasteiger charge is -2.27. The first-order valence-corrected chi connectivity index (χ1v) is 11.8. The molecule has 0 radical (unpaired) electrons. The summed E-state index contributed by atoms with van der Waals surface area (Å²) in [5, 5.41) is 14.5. The van der Waals surface area contributed by atoms with E-state index in [1.165, 1.54) is 0 Å². The van der Waals surface area contributed by atoms with Gasteiger partial charge in [-0.3, -0.25) is 14.5 Å². The fourth-order valence-corrected chi connectivity index (χ4v) is 4.33. The second-order valence-corrected chi connectivity index (χ2v) is 8.50. The zero-order valence-electron chi connectivity index (χ0n) is 20.0. The van der Waals surface area contributed by atoms with Gasteiger partial charge in [-0.1, -0.05) is 25.1 Å². The lowest BCUT2D eigenvalue weighted by atomic mass is 9.93. The van der Waals surface area contributed by atoms with E-state index in [4.69, 9.17) is 14.6 Å². The normalized spacial score (nSPS) is 16.5. The Morgan fingerprint density at radius 2 is 1.81 bits per heavy atom. The highest BCUT2D eigenvalue weighted by molar-refractivity contribution is 6.19. The summed E-state index contributed by atoms with van der Waals surface area (Å²) in [6.07, 6.45) is 4.14. The third-order valence-electron chi connectivity index (χ3n) is 6.15. The summed E-state index contributed by atoms with van der Waals surface area (Å²) >= 11 is 0. The Kier molecular flexibility index (Phi) is 6.13. The Morgan fingerprint density at radius 1 is 1.06 bits per heavy atom. The Hall–Kier alpha value is -4.64. The Labute approximate surface area is 208 Å². The number of carbonyl (C=O) groups is 2. The second-order valence-electron chi connectivity index (χ2n) is 8.50. The molecule has 2 amide bonds. The van der Waals surface area contributed by atoms with Crippen LogP contribution in [-0.2, 0) is 9.59 Å². The van der Waals surface area contributed by atoms with Gasteiger partial charge in [0, 0.05) is 29.4 Å². The average molecular weight is 481 g/mol. The van der Waals surface area contributed by atoms with Crippen LogP contribution in [0.2, 0.25) is 0 Å². The van der Waals surface area contributed by atoms with Crippen molar-refractivity contribution >= 4 is 17.9 Å². The minimum Gasteiger partial charge on any atom is -0.486 e. The number of carbonyl (C=O) groups excluding carboxylic acids is 2. The van der Waals surface area contributed by atoms with E-state index in [9.17, 15) is 14.9 Å². The van der Waals surface area contributed by atoms with Crippen LogP contribution in [0.15, 0.2) is 71.4 Å². The number of amides is 2. The molecule has 8 nitrogen and oxygen atoms in total. The first kappa shape index (κ1) is 23.1. The summed E-state index contributed by atoms with van der Waals surface area (Å²) in [5.74, 6) is 0.328. The lowest BCUT2D eigenvalue weighted by molar-refractivity contribution is -0.140. The molecule has 2 aliphatic heterocycles. The molecule has 2 aliphatic rings. The summed E-state index contributed by atoms with van der Waals surface area (Å²) in [7, 11) is 0. The molecule has 180 valence electrons. The van der Waals surface area contributed by atoms with Crippen molar-refractivity contribution in [3.05, 3.63) is 77.0 Å². The van der Waals surface area contributed by atoms with Crippen molar-refractivity contribution in [1.82, 2.24) is 14.7 Å². The van der Waals surface area contributed by atoms with E-state index in [1.54, 1.807) is 17.7 Å². The van der Waals surface area contributed by atoms with Crippen LogP contribution in [0.1, 0.15) is 25.8 Å². The molecule has 0 aliphatic carbocycles. The van der Waals surface area contributed by atoms with E-state index in [2.05, 4.69) is 0 Å². The number of ether oxygens (including phenoxy) is 2. The van der Waals surface area contributed by atoms with Gasteiger partial charge in [0.05, 0.1) is 5.69 Å². The van der Waals surface area contributed by atoms with Crippen molar-refractivity contribution in [3.63, 3.8) is 0 Å². The molecule has 0 fully saturated rings. The Bertz CT molecular complexity index is 1460. The van der Waals surface area contributed by atoms with Gasteiger partial charge >= 0.3 is 0 Å². The SMILES string of the molecule is CCCN1C(=O)C(C#N)=C(C)/C(=C\c2cn(-c3ccccc3)nc2-c2ccc3c(c2)OCCO3)C1=O. The number of fused-ring (bicyclic) bond motifs is 1. The average Bonchev–Trinajstić information content (AvgIpc) is 3.33. The molecule has 3 heterocycles. The van der Waals surface area contributed by atoms with Crippen molar-refractivity contribution in [3.8, 4) is 34.5 Å². The summed E-state index contributed by atoms with van der Waals surface area (Å²) in [6, 6.07) is 17.2. The zero-order valence-corrected chi connectivity index (χ0v) is 20.0. The minimum atomic E-state index is -0.550. The van der Waals surface area contributed by atoms with Gasteiger partial charge in [0.15, 0.2) is 11.5 Å². The molecule has 0 unspecified atom stereocenters. The number of aromatic nitrogens is 2. The van der Waals surface area contributed by atoms with Crippen LogP contribution in [0.5, 0.6) is 11.5 Å². The maximum absolute atomic E-state index is 13.3. The van der Waals surface area contributed by atoms with E-state index < -0.39 is 11.8 Å². The van der Waals surface area contributed by atoms with Crippen LogP contribution in [0.3, 0.4) is 0 Å². The second kappa shape index (κ2) is 9.55. The lowest BCUT2D eigenvalue weighted by Crippen LogP contribution is -2.43. The molecule has 0 saturated heterocycles. The van der Waals surface area contributed by atoms with Crippen LogP contribution < -0.4 is 9.47 Å². The van der Waals surface area contributed by atoms with Gasteiger partial charge in [0.1, 0.15) is 30.6 Å². The molecule has 0 N–H and O–H groups in total. The topological polar surface area (TPSA) is 97.5 Å². The van der Waals surface area contributed by atoms with Gasteiger partial charge in [-0.25, -0.2) is 4.68 Å². The number of hydrogen-bond acceptors (Lipinski definition) is 6. The largest absolute Gasteiger partial charge is 0.486 e. The van der Waals surface area contributed by atoms with Crippen molar-refractivity contribution in [1.29, 1.82) is 5.26 Å². The molecule has 2 aromatic carbocycles. The van der Waals surface area contributed by atoms with E-state index in [-0.39, 0.29) is 12.1 Å². The first-order valence-electron chi connectivity index (χ1n) is 11.8. The molecular weight excluding hydrogens is 456 g/mol. The van der Waals surface area contributed by atoms with Gasteiger partial charge in [-0.2, -0.15) is 10.4 Å². The molecule has 5 rings (SSSR count). The molecule has 36 heavy (non-hydrogen) atoms. The standard InChI is InChI=1S/C28H24N4O4/c1-3-11-31-27(33)22(18(2)23(16-29)28(31)34)14-20-17-32(21-7-5-4-6-8-21)30-26(20)19-9-10-24-25(15-19)36-13-12-35-24/h4-10,14-15,17H,3,11-13H2,1-2H3/b22-14+. The van der Waals surface area contributed by atoms with E-state index in [0.29, 0.717) is 53.5 Å². The van der Waals surface area contributed by atoms with Crippen LogP contribution in [-0.4, -0.2) is 46.3 Å². The number of rotatable bonds is 5. The molecular formula is C28H24N4O4.